The maximum absolute atomic E-state index is 6.22. The minimum atomic E-state index is 0.660. The number of nitrogens with zero attached hydrogens (tertiary/aromatic N) is 2. The van der Waals surface area contributed by atoms with Gasteiger partial charge in [0.05, 0.1) is 23.0 Å². The normalized spacial score (nSPS) is 10.7. The van der Waals surface area contributed by atoms with Crippen LogP contribution in [0.3, 0.4) is 0 Å². The van der Waals surface area contributed by atoms with E-state index in [0.717, 1.165) is 26.6 Å². The summed E-state index contributed by atoms with van der Waals surface area (Å²) < 4.78 is 2.91. The molecule has 96 valence electrons. The van der Waals surface area contributed by atoms with Crippen LogP contribution in [0.4, 0.5) is 5.69 Å². The highest BCUT2D eigenvalue weighted by atomic mass is 79.9. The molecule has 0 atom stereocenters. The van der Waals surface area contributed by atoms with Gasteiger partial charge in [-0.3, -0.25) is 4.68 Å². The topological polar surface area (TPSA) is 29.9 Å². The minimum Gasteiger partial charge on any atom is -0.379 e. The van der Waals surface area contributed by atoms with Gasteiger partial charge in [0.25, 0.3) is 0 Å². The largest absolute Gasteiger partial charge is 0.379 e. The summed E-state index contributed by atoms with van der Waals surface area (Å²) in [5.74, 6) is 0. The van der Waals surface area contributed by atoms with E-state index in [1.807, 2.05) is 30.8 Å². The molecule has 18 heavy (non-hydrogen) atoms. The van der Waals surface area contributed by atoms with Crippen molar-refractivity contribution in [2.75, 3.05) is 5.32 Å². The van der Waals surface area contributed by atoms with Crippen LogP contribution in [0.1, 0.15) is 17.0 Å². The molecule has 1 aromatic carbocycles. The molecular formula is C13H15BrClN3. The zero-order valence-electron chi connectivity index (χ0n) is 10.6. The first-order valence-corrected chi connectivity index (χ1v) is 6.84. The Balaban J connectivity index is 2.19. The van der Waals surface area contributed by atoms with Crippen molar-refractivity contribution in [3.05, 3.63) is 44.6 Å². The average Bonchev–Trinajstić information content (AvgIpc) is 2.56. The van der Waals surface area contributed by atoms with E-state index in [1.165, 1.54) is 5.56 Å². The minimum absolute atomic E-state index is 0.660. The Bertz CT molecular complexity index is 578. The van der Waals surface area contributed by atoms with E-state index < -0.39 is 0 Å². The predicted octanol–water partition coefficient (Wildman–Crippen LogP) is 4.06. The molecule has 0 saturated heterocycles. The molecule has 0 radical (unpaired) electrons. The van der Waals surface area contributed by atoms with Gasteiger partial charge < -0.3 is 5.32 Å². The van der Waals surface area contributed by atoms with Gasteiger partial charge in [0.15, 0.2) is 0 Å². The molecule has 2 rings (SSSR count). The molecule has 0 aliphatic carbocycles. The molecule has 5 heteroatoms. The summed E-state index contributed by atoms with van der Waals surface area (Å²) >= 11 is 9.74. The van der Waals surface area contributed by atoms with Crippen LogP contribution in [0, 0.1) is 13.8 Å². The van der Waals surface area contributed by atoms with Gasteiger partial charge in [-0.05, 0) is 31.5 Å². The van der Waals surface area contributed by atoms with Gasteiger partial charge in [-0.1, -0.05) is 33.6 Å². The third-order valence-corrected chi connectivity index (χ3v) is 4.33. The van der Waals surface area contributed by atoms with E-state index in [9.17, 15) is 0 Å². The van der Waals surface area contributed by atoms with Crippen LogP contribution in [-0.4, -0.2) is 9.78 Å². The van der Waals surface area contributed by atoms with Crippen LogP contribution >= 0.6 is 27.5 Å². The van der Waals surface area contributed by atoms with Crippen LogP contribution in [-0.2, 0) is 13.6 Å². The fraction of sp³-hybridized carbons (Fsp3) is 0.308. The number of anilines is 1. The molecule has 0 aliphatic rings. The zero-order chi connectivity index (χ0) is 13.3. The lowest BCUT2D eigenvalue weighted by atomic mass is 10.2. The maximum Gasteiger partial charge on any atom is 0.0865 e. The van der Waals surface area contributed by atoms with Gasteiger partial charge >= 0.3 is 0 Å². The SMILES string of the molecule is Cc1nn(C)c(CNc2cccc(Br)c2C)c1Cl. The Morgan fingerprint density at radius 1 is 1.39 bits per heavy atom. The summed E-state index contributed by atoms with van der Waals surface area (Å²) in [7, 11) is 1.91. The first-order chi connectivity index (χ1) is 8.50. The third kappa shape index (κ3) is 2.54. The molecule has 1 aromatic heterocycles. The Kier molecular flexibility index (Phi) is 3.97. The highest BCUT2D eigenvalue weighted by Gasteiger charge is 2.11. The number of benzene rings is 1. The molecule has 2 aromatic rings. The third-order valence-electron chi connectivity index (χ3n) is 2.98. The van der Waals surface area contributed by atoms with Crippen molar-refractivity contribution < 1.29 is 0 Å². The second kappa shape index (κ2) is 5.33. The highest BCUT2D eigenvalue weighted by molar-refractivity contribution is 9.10. The van der Waals surface area contributed by atoms with Crippen molar-refractivity contribution in [1.29, 1.82) is 0 Å². The van der Waals surface area contributed by atoms with Crippen molar-refractivity contribution in [1.82, 2.24) is 9.78 Å². The first-order valence-electron chi connectivity index (χ1n) is 5.67. The van der Waals surface area contributed by atoms with Gasteiger partial charge in [-0.2, -0.15) is 5.10 Å². The van der Waals surface area contributed by atoms with Gasteiger partial charge in [0.1, 0.15) is 0 Å². The van der Waals surface area contributed by atoms with E-state index in [0.29, 0.717) is 6.54 Å². The van der Waals surface area contributed by atoms with Crippen molar-refractivity contribution >= 4 is 33.2 Å². The lowest BCUT2D eigenvalue weighted by molar-refractivity contribution is 0.713. The van der Waals surface area contributed by atoms with Crippen LogP contribution < -0.4 is 5.32 Å². The van der Waals surface area contributed by atoms with E-state index >= 15 is 0 Å². The lowest BCUT2D eigenvalue weighted by Crippen LogP contribution is -2.06. The number of aryl methyl sites for hydroxylation is 2. The molecule has 0 bridgehead atoms. The predicted molar refractivity (Wildman–Crippen MR) is 79.2 cm³/mol. The highest BCUT2D eigenvalue weighted by Crippen LogP contribution is 2.25. The van der Waals surface area contributed by atoms with Crippen LogP contribution in [0.15, 0.2) is 22.7 Å². The molecule has 0 saturated carbocycles. The summed E-state index contributed by atoms with van der Waals surface area (Å²) in [4.78, 5) is 0. The fourth-order valence-corrected chi connectivity index (χ4v) is 2.44. The Morgan fingerprint density at radius 3 is 2.72 bits per heavy atom. The molecule has 0 aliphatic heterocycles. The van der Waals surface area contributed by atoms with E-state index in [4.69, 9.17) is 11.6 Å². The number of rotatable bonds is 3. The maximum atomic E-state index is 6.22. The van der Waals surface area contributed by atoms with Crippen molar-refractivity contribution in [2.45, 2.75) is 20.4 Å². The summed E-state index contributed by atoms with van der Waals surface area (Å²) in [5, 5.41) is 8.42. The van der Waals surface area contributed by atoms with Gasteiger partial charge in [0, 0.05) is 17.2 Å². The smallest absolute Gasteiger partial charge is 0.0865 e. The summed E-state index contributed by atoms with van der Waals surface area (Å²) in [5.41, 5.74) is 4.14. The molecule has 1 N–H and O–H groups in total. The van der Waals surface area contributed by atoms with Crippen molar-refractivity contribution in [3.8, 4) is 0 Å². The molecule has 1 heterocycles. The zero-order valence-corrected chi connectivity index (χ0v) is 12.9. The van der Waals surface area contributed by atoms with Gasteiger partial charge in [-0.15, -0.1) is 0 Å². The fourth-order valence-electron chi connectivity index (χ4n) is 1.85. The Hall–Kier alpha value is -1.000. The quantitative estimate of drug-likeness (QED) is 0.920. The monoisotopic (exact) mass is 327 g/mol. The average molecular weight is 329 g/mol. The van der Waals surface area contributed by atoms with Crippen molar-refractivity contribution in [3.63, 3.8) is 0 Å². The molecule has 0 unspecified atom stereocenters. The van der Waals surface area contributed by atoms with Crippen molar-refractivity contribution in [2.24, 2.45) is 7.05 Å². The van der Waals surface area contributed by atoms with Crippen LogP contribution in [0.25, 0.3) is 0 Å². The van der Waals surface area contributed by atoms with E-state index in [2.05, 4.69) is 39.3 Å². The Labute approximate surface area is 120 Å². The Morgan fingerprint density at radius 2 is 2.11 bits per heavy atom. The van der Waals surface area contributed by atoms with Crippen LogP contribution in [0.5, 0.6) is 0 Å². The molecule has 3 nitrogen and oxygen atoms in total. The second-order valence-corrected chi connectivity index (χ2v) is 5.47. The lowest BCUT2D eigenvalue weighted by Gasteiger charge is -2.11. The number of aromatic nitrogens is 2. The number of halogens is 2. The number of hydrogen-bond acceptors (Lipinski definition) is 2. The molecule has 0 spiro atoms. The van der Waals surface area contributed by atoms with E-state index in [1.54, 1.807) is 0 Å². The first kappa shape index (κ1) is 13.4. The molecule has 0 amide bonds. The summed E-state index contributed by atoms with van der Waals surface area (Å²) in [6, 6.07) is 6.09. The standard InChI is InChI=1S/C13H15BrClN3/c1-8-10(14)5-4-6-11(8)16-7-12-13(15)9(2)17-18(12)3/h4-6,16H,7H2,1-3H3. The van der Waals surface area contributed by atoms with Gasteiger partial charge in [0.2, 0.25) is 0 Å². The number of hydrogen-bond donors (Lipinski definition) is 1. The molecular weight excluding hydrogens is 314 g/mol. The number of nitrogens with one attached hydrogen (secondary N) is 1. The summed E-state index contributed by atoms with van der Waals surface area (Å²) in [6.45, 7) is 4.65. The molecule has 0 fully saturated rings. The van der Waals surface area contributed by atoms with Crippen LogP contribution in [0.2, 0.25) is 5.02 Å². The van der Waals surface area contributed by atoms with Gasteiger partial charge in [-0.25, -0.2) is 0 Å². The van der Waals surface area contributed by atoms with E-state index in [-0.39, 0.29) is 0 Å². The second-order valence-electron chi connectivity index (χ2n) is 4.24. The summed E-state index contributed by atoms with van der Waals surface area (Å²) in [6.07, 6.45) is 0.